The molecule has 12 nitrogen and oxygen atoms in total. The fourth-order valence-electron chi connectivity index (χ4n) is 5.85. The molecule has 2 heterocycles. The van der Waals surface area contributed by atoms with Gasteiger partial charge in [-0.3, -0.25) is 4.79 Å². The molecule has 1 saturated heterocycles. The van der Waals surface area contributed by atoms with Crippen LogP contribution in [0.4, 0.5) is 4.79 Å². The van der Waals surface area contributed by atoms with E-state index in [1.807, 2.05) is 103 Å². The number of hydrogen-bond donors (Lipinski definition) is 3. The number of ether oxygens (including phenoxy) is 3. The van der Waals surface area contributed by atoms with Gasteiger partial charge in [-0.1, -0.05) is 110 Å². The SMILES string of the molecule is CCOC(=O)CNC(=O)NCc1ccccc1-c1ccc(C2OC(CSc3nnnn3-c3ccccc3)C(C)C(c3ccc(CO)cc3)O2)cc1. The number of benzene rings is 4. The van der Waals surface area contributed by atoms with E-state index in [0.717, 1.165) is 39.1 Å². The predicted molar refractivity (Wildman–Crippen MR) is 192 cm³/mol. The highest BCUT2D eigenvalue weighted by Crippen LogP contribution is 2.43. The predicted octanol–water partition coefficient (Wildman–Crippen LogP) is 5.77. The molecular formula is C38H40N6O6S. The molecule has 13 heteroatoms. The monoisotopic (exact) mass is 708 g/mol. The Balaban J connectivity index is 1.18. The molecular weight excluding hydrogens is 669 g/mol. The molecule has 4 unspecified atom stereocenters. The average Bonchev–Trinajstić information content (AvgIpc) is 3.65. The minimum atomic E-state index is -0.645. The van der Waals surface area contributed by atoms with E-state index in [0.29, 0.717) is 10.9 Å². The van der Waals surface area contributed by atoms with Crippen LogP contribution in [0.1, 0.15) is 48.5 Å². The molecule has 0 bridgehead atoms. The van der Waals surface area contributed by atoms with E-state index in [2.05, 4.69) is 33.1 Å². The molecule has 264 valence electrons. The van der Waals surface area contributed by atoms with Crippen molar-refractivity contribution in [3.8, 4) is 16.8 Å². The number of amides is 2. The number of nitrogens with one attached hydrogen (secondary N) is 2. The normalized spacial score (nSPS) is 18.6. The van der Waals surface area contributed by atoms with E-state index in [1.54, 1.807) is 11.6 Å². The van der Waals surface area contributed by atoms with Gasteiger partial charge in [0.15, 0.2) is 6.29 Å². The van der Waals surface area contributed by atoms with Gasteiger partial charge < -0.3 is 30.0 Å². The van der Waals surface area contributed by atoms with Crippen LogP contribution in [0.5, 0.6) is 0 Å². The number of esters is 1. The number of para-hydroxylation sites is 1. The van der Waals surface area contributed by atoms with Gasteiger partial charge in [-0.25, -0.2) is 4.79 Å². The van der Waals surface area contributed by atoms with E-state index in [-0.39, 0.29) is 44.4 Å². The van der Waals surface area contributed by atoms with Crippen molar-refractivity contribution in [2.75, 3.05) is 18.9 Å². The molecule has 1 aromatic heterocycles. The summed E-state index contributed by atoms with van der Waals surface area (Å²) in [6, 6.07) is 33.0. The molecule has 4 aromatic carbocycles. The highest BCUT2D eigenvalue weighted by molar-refractivity contribution is 7.99. The van der Waals surface area contributed by atoms with Crippen LogP contribution in [0.15, 0.2) is 108 Å². The molecule has 1 aliphatic heterocycles. The number of aliphatic hydroxyl groups is 1. The third kappa shape index (κ3) is 8.99. The van der Waals surface area contributed by atoms with Crippen LogP contribution in [0.3, 0.4) is 0 Å². The molecule has 0 saturated carbocycles. The van der Waals surface area contributed by atoms with Gasteiger partial charge in [0, 0.05) is 23.8 Å². The average molecular weight is 709 g/mol. The number of tetrazole rings is 1. The van der Waals surface area contributed by atoms with Gasteiger partial charge in [0.05, 0.1) is 31.1 Å². The van der Waals surface area contributed by atoms with Gasteiger partial charge in [-0.15, -0.1) is 5.10 Å². The first kappa shape index (κ1) is 35.7. The number of urea groups is 1. The number of rotatable bonds is 13. The van der Waals surface area contributed by atoms with E-state index in [9.17, 15) is 14.7 Å². The maximum Gasteiger partial charge on any atom is 0.325 e. The molecule has 0 spiro atoms. The molecule has 0 aliphatic carbocycles. The second kappa shape index (κ2) is 17.2. The lowest BCUT2D eigenvalue weighted by atomic mass is 9.91. The lowest BCUT2D eigenvalue weighted by Crippen LogP contribution is -2.38. The Bertz CT molecular complexity index is 1890. The van der Waals surface area contributed by atoms with Crippen LogP contribution < -0.4 is 10.6 Å². The van der Waals surface area contributed by atoms with E-state index < -0.39 is 18.3 Å². The Morgan fingerprint density at radius 1 is 0.902 bits per heavy atom. The summed E-state index contributed by atoms with van der Waals surface area (Å²) in [6.45, 7) is 4.12. The van der Waals surface area contributed by atoms with Crippen LogP contribution in [-0.4, -0.2) is 62.3 Å². The summed E-state index contributed by atoms with van der Waals surface area (Å²) in [6.07, 6.45) is -1.12. The van der Waals surface area contributed by atoms with Crippen molar-refractivity contribution >= 4 is 23.8 Å². The molecule has 4 atom stereocenters. The Kier molecular flexibility index (Phi) is 12.1. The Morgan fingerprint density at radius 2 is 1.63 bits per heavy atom. The molecule has 5 aromatic rings. The van der Waals surface area contributed by atoms with Crippen molar-refractivity contribution in [1.29, 1.82) is 0 Å². The second-order valence-electron chi connectivity index (χ2n) is 12.0. The van der Waals surface area contributed by atoms with E-state index in [1.165, 1.54) is 11.8 Å². The lowest BCUT2D eigenvalue weighted by molar-refractivity contribution is -0.268. The Morgan fingerprint density at radius 3 is 2.37 bits per heavy atom. The quantitative estimate of drug-likeness (QED) is 0.102. The molecule has 3 N–H and O–H groups in total. The maximum atomic E-state index is 12.3. The zero-order valence-electron chi connectivity index (χ0n) is 28.3. The topological polar surface area (TPSA) is 150 Å². The van der Waals surface area contributed by atoms with Crippen molar-refractivity contribution < 1.29 is 28.9 Å². The van der Waals surface area contributed by atoms with E-state index >= 15 is 0 Å². The first-order chi connectivity index (χ1) is 24.9. The van der Waals surface area contributed by atoms with Crippen LogP contribution in [-0.2, 0) is 32.2 Å². The number of carbonyl (C=O) groups excluding carboxylic acids is 2. The van der Waals surface area contributed by atoms with Crippen LogP contribution in [0, 0.1) is 5.92 Å². The summed E-state index contributed by atoms with van der Waals surface area (Å²) in [7, 11) is 0. The first-order valence-electron chi connectivity index (χ1n) is 16.8. The van der Waals surface area contributed by atoms with Crippen molar-refractivity contribution in [2.24, 2.45) is 5.92 Å². The number of carbonyl (C=O) groups is 2. The number of aromatic nitrogens is 4. The van der Waals surface area contributed by atoms with Gasteiger partial charge in [-0.05, 0) is 57.3 Å². The number of aliphatic hydroxyl groups excluding tert-OH is 1. The number of nitrogens with zero attached hydrogens (tertiary/aromatic N) is 4. The summed E-state index contributed by atoms with van der Waals surface area (Å²) in [5, 5.41) is 28.0. The molecule has 2 amide bonds. The fraction of sp³-hybridized carbons (Fsp3) is 0.289. The highest BCUT2D eigenvalue weighted by Gasteiger charge is 2.38. The van der Waals surface area contributed by atoms with Gasteiger partial charge in [0.25, 0.3) is 0 Å². The van der Waals surface area contributed by atoms with Crippen molar-refractivity contribution in [3.63, 3.8) is 0 Å². The minimum absolute atomic E-state index is 0.0112. The molecule has 1 aliphatic rings. The molecule has 51 heavy (non-hydrogen) atoms. The largest absolute Gasteiger partial charge is 0.465 e. The summed E-state index contributed by atoms with van der Waals surface area (Å²) in [4.78, 5) is 23.9. The smallest absolute Gasteiger partial charge is 0.325 e. The fourth-order valence-corrected chi connectivity index (χ4v) is 6.90. The second-order valence-corrected chi connectivity index (χ2v) is 12.9. The standard InChI is InChI=1S/C38H40N6O6S/c1-3-48-34(46)22-40-37(47)39-21-30-9-7-8-12-32(30)27-17-19-29(20-18-27)36-49-33(25(2)35(50-36)28-15-13-26(23-45)14-16-28)24-51-38-41-42-43-44(38)31-10-5-4-6-11-31/h4-20,25,33,35-36,45H,3,21-24H2,1-2H3,(H2,39,40,47). The Hall–Kier alpha value is -5.08. The van der Waals surface area contributed by atoms with E-state index in [4.69, 9.17) is 14.2 Å². The zero-order chi connectivity index (χ0) is 35.6. The third-order valence-corrected chi connectivity index (χ3v) is 9.60. The first-order valence-corrected chi connectivity index (χ1v) is 17.7. The van der Waals surface area contributed by atoms with Gasteiger partial charge >= 0.3 is 12.0 Å². The van der Waals surface area contributed by atoms with Gasteiger partial charge in [0.2, 0.25) is 5.16 Å². The summed E-state index contributed by atoms with van der Waals surface area (Å²) >= 11 is 1.53. The van der Waals surface area contributed by atoms with Crippen LogP contribution >= 0.6 is 11.8 Å². The minimum Gasteiger partial charge on any atom is -0.465 e. The zero-order valence-corrected chi connectivity index (χ0v) is 29.2. The molecule has 1 fully saturated rings. The number of hydrogen-bond acceptors (Lipinski definition) is 10. The summed E-state index contributed by atoms with van der Waals surface area (Å²) in [5.74, 6) is 0.0860. The van der Waals surface area contributed by atoms with Gasteiger partial charge in [0.1, 0.15) is 6.54 Å². The summed E-state index contributed by atoms with van der Waals surface area (Å²) < 4.78 is 19.9. The van der Waals surface area contributed by atoms with Crippen LogP contribution in [0.2, 0.25) is 0 Å². The van der Waals surface area contributed by atoms with Crippen LogP contribution in [0.25, 0.3) is 16.8 Å². The van der Waals surface area contributed by atoms with Gasteiger partial charge in [-0.2, -0.15) is 4.68 Å². The lowest BCUT2D eigenvalue weighted by Gasteiger charge is -2.41. The maximum absolute atomic E-state index is 12.3. The summed E-state index contributed by atoms with van der Waals surface area (Å²) in [5.41, 5.74) is 6.40. The van der Waals surface area contributed by atoms with Crippen molar-refractivity contribution in [3.05, 3.63) is 125 Å². The Labute approximate surface area is 300 Å². The third-order valence-electron chi connectivity index (χ3n) is 8.59. The molecule has 0 radical (unpaired) electrons. The highest BCUT2D eigenvalue weighted by atomic mass is 32.2. The van der Waals surface area contributed by atoms with Crippen molar-refractivity contribution in [1.82, 2.24) is 30.8 Å². The molecule has 6 rings (SSSR count). The number of thioether (sulfide) groups is 1. The van der Waals surface area contributed by atoms with Crippen molar-refractivity contribution in [2.45, 2.75) is 50.7 Å².